The molecule has 2 rings (SSSR count). The van der Waals surface area contributed by atoms with Gasteiger partial charge in [-0.15, -0.1) is 0 Å². The van der Waals surface area contributed by atoms with Gasteiger partial charge < -0.3 is 10.2 Å². The average molecular weight is 357 g/mol. The molecule has 1 heterocycles. The third-order valence-electron chi connectivity index (χ3n) is 3.76. The van der Waals surface area contributed by atoms with E-state index in [1.807, 2.05) is 0 Å². The first kappa shape index (κ1) is 18.3. The Morgan fingerprint density at radius 3 is 2.25 bits per heavy atom. The van der Waals surface area contributed by atoms with Crippen LogP contribution in [0.4, 0.5) is 4.39 Å². The van der Waals surface area contributed by atoms with Gasteiger partial charge in [0.15, 0.2) is 0 Å². The highest BCUT2D eigenvalue weighted by atomic mass is 32.2. The number of hydrogen-bond acceptors (Lipinski definition) is 4. The summed E-state index contributed by atoms with van der Waals surface area (Å²) >= 11 is 0. The molecule has 132 valence electrons. The maximum atomic E-state index is 12.9. The van der Waals surface area contributed by atoms with E-state index < -0.39 is 15.8 Å². The van der Waals surface area contributed by atoms with Crippen LogP contribution in [0.2, 0.25) is 0 Å². The molecule has 7 nitrogen and oxygen atoms in total. The van der Waals surface area contributed by atoms with Gasteiger partial charge in [-0.25, -0.2) is 12.8 Å². The van der Waals surface area contributed by atoms with E-state index in [0.717, 1.165) is 12.1 Å². The Balaban J connectivity index is 1.91. The number of sulfonamides is 1. The Hall–Kier alpha value is -2.00. The lowest BCUT2D eigenvalue weighted by molar-refractivity contribution is -0.132. The summed E-state index contributed by atoms with van der Waals surface area (Å²) in [4.78, 5) is 24.4. The zero-order chi connectivity index (χ0) is 17.7. The van der Waals surface area contributed by atoms with E-state index in [4.69, 9.17) is 0 Å². The van der Waals surface area contributed by atoms with E-state index >= 15 is 0 Å². The first-order valence-corrected chi connectivity index (χ1v) is 9.02. The molecule has 2 amide bonds. The normalized spacial score (nSPS) is 16.0. The second kappa shape index (κ2) is 7.71. The van der Waals surface area contributed by atoms with E-state index in [2.05, 4.69) is 5.32 Å². The highest BCUT2D eigenvalue weighted by molar-refractivity contribution is 7.89. The molecule has 0 radical (unpaired) electrons. The van der Waals surface area contributed by atoms with Crippen molar-refractivity contribution in [3.05, 3.63) is 30.1 Å². The monoisotopic (exact) mass is 357 g/mol. The van der Waals surface area contributed by atoms with Crippen LogP contribution in [0.15, 0.2) is 29.2 Å². The van der Waals surface area contributed by atoms with Crippen molar-refractivity contribution in [1.29, 1.82) is 0 Å². The van der Waals surface area contributed by atoms with E-state index in [1.165, 1.54) is 23.4 Å². The molecule has 1 N–H and O–H groups in total. The van der Waals surface area contributed by atoms with Crippen LogP contribution in [-0.2, 0) is 19.6 Å². The molecule has 0 saturated carbocycles. The number of hydrogen-bond donors (Lipinski definition) is 1. The van der Waals surface area contributed by atoms with Gasteiger partial charge >= 0.3 is 0 Å². The Bertz CT molecular complexity index is 698. The van der Waals surface area contributed by atoms with Gasteiger partial charge in [0.05, 0.1) is 4.90 Å². The summed E-state index contributed by atoms with van der Waals surface area (Å²) in [5.41, 5.74) is 0. The second-order valence-corrected chi connectivity index (χ2v) is 7.41. The molecule has 0 aliphatic carbocycles. The minimum absolute atomic E-state index is 0.0364. The number of rotatable bonds is 5. The van der Waals surface area contributed by atoms with E-state index in [1.54, 1.807) is 4.90 Å². The summed E-state index contributed by atoms with van der Waals surface area (Å²) < 4.78 is 39.2. The van der Waals surface area contributed by atoms with Crippen molar-refractivity contribution in [3.8, 4) is 0 Å². The van der Waals surface area contributed by atoms with Crippen LogP contribution in [0.1, 0.15) is 13.3 Å². The SMILES string of the molecule is CC(=O)NCCC(=O)N1CCN(S(=O)(=O)c2ccc(F)cc2)CC1. The molecule has 1 aliphatic rings. The van der Waals surface area contributed by atoms with Crippen molar-refractivity contribution < 1.29 is 22.4 Å². The fraction of sp³-hybridized carbons (Fsp3) is 0.467. The molecule has 24 heavy (non-hydrogen) atoms. The number of halogens is 1. The standard InChI is InChI=1S/C15H20FN3O4S/c1-12(20)17-7-6-15(21)18-8-10-19(11-9-18)24(22,23)14-4-2-13(16)3-5-14/h2-5H,6-11H2,1H3,(H,17,20). The number of carbonyl (C=O) groups excluding carboxylic acids is 2. The van der Waals surface area contributed by atoms with Crippen LogP contribution in [0, 0.1) is 5.82 Å². The van der Waals surface area contributed by atoms with Crippen LogP contribution in [0.3, 0.4) is 0 Å². The van der Waals surface area contributed by atoms with Crippen molar-refractivity contribution in [3.63, 3.8) is 0 Å². The van der Waals surface area contributed by atoms with Crippen LogP contribution >= 0.6 is 0 Å². The Morgan fingerprint density at radius 2 is 1.71 bits per heavy atom. The molecule has 9 heteroatoms. The Morgan fingerprint density at radius 1 is 1.12 bits per heavy atom. The van der Waals surface area contributed by atoms with Crippen molar-refractivity contribution in [2.24, 2.45) is 0 Å². The second-order valence-electron chi connectivity index (χ2n) is 5.47. The van der Waals surface area contributed by atoms with Gasteiger partial charge in [-0.05, 0) is 24.3 Å². The number of carbonyl (C=O) groups is 2. The van der Waals surface area contributed by atoms with Gasteiger partial charge in [-0.1, -0.05) is 0 Å². The molecular weight excluding hydrogens is 337 g/mol. The Kier molecular flexibility index (Phi) is 5.89. The van der Waals surface area contributed by atoms with Crippen LogP contribution in [-0.4, -0.2) is 62.2 Å². The lowest BCUT2D eigenvalue weighted by Crippen LogP contribution is -2.50. The van der Waals surface area contributed by atoms with Crippen LogP contribution in [0.25, 0.3) is 0 Å². The fourth-order valence-corrected chi connectivity index (χ4v) is 3.86. The molecule has 1 aliphatic heterocycles. The number of nitrogens with one attached hydrogen (secondary N) is 1. The lowest BCUT2D eigenvalue weighted by Gasteiger charge is -2.34. The minimum Gasteiger partial charge on any atom is -0.356 e. The molecule has 1 aromatic rings. The fourth-order valence-electron chi connectivity index (χ4n) is 2.44. The zero-order valence-electron chi connectivity index (χ0n) is 13.4. The lowest BCUT2D eigenvalue weighted by atomic mass is 10.3. The van der Waals surface area contributed by atoms with Gasteiger partial charge in [0.2, 0.25) is 21.8 Å². The van der Waals surface area contributed by atoms with Crippen molar-refractivity contribution in [2.45, 2.75) is 18.2 Å². The van der Waals surface area contributed by atoms with Crippen molar-refractivity contribution in [1.82, 2.24) is 14.5 Å². The third kappa shape index (κ3) is 4.51. The summed E-state index contributed by atoms with van der Waals surface area (Å²) in [6, 6.07) is 4.68. The smallest absolute Gasteiger partial charge is 0.243 e. The van der Waals surface area contributed by atoms with E-state index in [0.29, 0.717) is 13.1 Å². The predicted octanol–water partition coefficient (Wildman–Crippen LogP) is 0.185. The van der Waals surface area contributed by atoms with Gasteiger partial charge in [-0.2, -0.15) is 4.31 Å². The number of piperazine rings is 1. The summed E-state index contributed by atoms with van der Waals surface area (Å²) in [7, 11) is -3.68. The van der Waals surface area contributed by atoms with Gasteiger partial charge in [0, 0.05) is 46.1 Å². The van der Waals surface area contributed by atoms with Gasteiger partial charge in [0.25, 0.3) is 0 Å². The average Bonchev–Trinajstić information content (AvgIpc) is 2.55. The first-order valence-electron chi connectivity index (χ1n) is 7.58. The predicted molar refractivity (Wildman–Crippen MR) is 85.0 cm³/mol. The topological polar surface area (TPSA) is 86.8 Å². The molecule has 1 fully saturated rings. The maximum Gasteiger partial charge on any atom is 0.243 e. The van der Waals surface area contributed by atoms with Crippen LogP contribution < -0.4 is 5.32 Å². The molecule has 0 atom stereocenters. The van der Waals surface area contributed by atoms with Crippen LogP contribution in [0.5, 0.6) is 0 Å². The number of amides is 2. The van der Waals surface area contributed by atoms with E-state index in [-0.39, 0.29) is 42.8 Å². The molecule has 0 spiro atoms. The number of benzene rings is 1. The largest absolute Gasteiger partial charge is 0.356 e. The summed E-state index contributed by atoms with van der Waals surface area (Å²) in [6.45, 7) is 2.60. The van der Waals surface area contributed by atoms with Crippen molar-refractivity contribution >= 4 is 21.8 Å². The highest BCUT2D eigenvalue weighted by Crippen LogP contribution is 2.18. The van der Waals surface area contributed by atoms with Gasteiger partial charge in [0.1, 0.15) is 5.82 Å². The Labute approximate surface area is 140 Å². The molecule has 1 aromatic carbocycles. The zero-order valence-corrected chi connectivity index (χ0v) is 14.2. The van der Waals surface area contributed by atoms with E-state index in [9.17, 15) is 22.4 Å². The molecular formula is C15H20FN3O4S. The highest BCUT2D eigenvalue weighted by Gasteiger charge is 2.29. The van der Waals surface area contributed by atoms with Crippen molar-refractivity contribution in [2.75, 3.05) is 32.7 Å². The first-order chi connectivity index (χ1) is 11.3. The minimum atomic E-state index is -3.68. The third-order valence-corrected chi connectivity index (χ3v) is 5.67. The maximum absolute atomic E-state index is 12.9. The summed E-state index contributed by atoms with van der Waals surface area (Å²) in [5.74, 6) is -0.816. The quantitative estimate of drug-likeness (QED) is 0.815. The summed E-state index contributed by atoms with van der Waals surface area (Å²) in [6.07, 6.45) is 0.185. The molecule has 0 unspecified atom stereocenters. The van der Waals surface area contributed by atoms with Gasteiger partial charge in [-0.3, -0.25) is 9.59 Å². The number of nitrogens with zero attached hydrogens (tertiary/aromatic N) is 2. The molecule has 1 saturated heterocycles. The molecule has 0 bridgehead atoms. The summed E-state index contributed by atoms with van der Waals surface area (Å²) in [5, 5.41) is 2.55. The molecule has 0 aromatic heterocycles.